The molecular weight excluding hydrogens is 396 g/mol. The Labute approximate surface area is 171 Å². The fraction of sp³-hybridized carbons (Fsp3) is 0.550. The zero-order chi connectivity index (χ0) is 21.6. The van der Waals surface area contributed by atoms with Gasteiger partial charge in [-0.1, -0.05) is 44.2 Å². The van der Waals surface area contributed by atoms with Gasteiger partial charge in [-0.25, -0.2) is 13.2 Å². The smallest absolute Gasteiger partial charge is 0.329 e. The molecule has 0 spiro atoms. The second kappa shape index (κ2) is 9.87. The zero-order valence-corrected chi connectivity index (χ0v) is 17.7. The molecule has 1 aliphatic heterocycles. The second-order valence-electron chi connectivity index (χ2n) is 7.64. The minimum atomic E-state index is -3.12. The van der Waals surface area contributed by atoms with Gasteiger partial charge in [-0.2, -0.15) is 0 Å². The lowest BCUT2D eigenvalue weighted by Crippen LogP contribution is -2.49. The number of carbonyl (C=O) groups excluding carboxylic acids is 3. The number of hydrogen-bond acceptors (Lipinski definition) is 6. The minimum absolute atomic E-state index is 0.0367. The molecule has 29 heavy (non-hydrogen) atoms. The predicted molar refractivity (Wildman–Crippen MR) is 108 cm³/mol. The normalized spacial score (nSPS) is 19.9. The van der Waals surface area contributed by atoms with Crippen LogP contribution in [0.15, 0.2) is 30.3 Å². The third-order valence-electron chi connectivity index (χ3n) is 4.69. The zero-order valence-electron chi connectivity index (χ0n) is 16.9. The molecule has 0 aliphatic carbocycles. The summed E-state index contributed by atoms with van der Waals surface area (Å²) in [6.07, 6.45) is -0.624. The van der Waals surface area contributed by atoms with Crippen molar-refractivity contribution >= 4 is 27.6 Å². The first-order valence-electron chi connectivity index (χ1n) is 9.62. The summed E-state index contributed by atoms with van der Waals surface area (Å²) < 4.78 is 28.2. The summed E-state index contributed by atoms with van der Waals surface area (Å²) >= 11 is 0. The largest absolute Gasteiger partial charge is 0.451 e. The first kappa shape index (κ1) is 22.9. The molecule has 1 aliphatic rings. The summed E-state index contributed by atoms with van der Waals surface area (Å²) in [7, 11) is -3.12. The van der Waals surface area contributed by atoms with Gasteiger partial charge in [0, 0.05) is 6.04 Å². The number of ether oxygens (including phenoxy) is 1. The van der Waals surface area contributed by atoms with Crippen LogP contribution in [-0.4, -0.2) is 55.9 Å². The molecule has 0 bridgehead atoms. The fourth-order valence-electron chi connectivity index (χ4n) is 3.03. The molecule has 1 fully saturated rings. The maximum absolute atomic E-state index is 12.5. The van der Waals surface area contributed by atoms with Crippen molar-refractivity contribution in [2.24, 2.45) is 5.92 Å². The standard InChI is InChI=1S/C20H28N2O6S/c1-13(2)18(22-17(23)11-15-7-5-4-6-8-15)20(25)28-14(3)19(24)21-16-9-10-29(26,27)12-16/h4-8,13-14,16,18H,9-12H2,1-3H3,(H,21,24)(H,22,23)/t14-,16-,18+/m1/s1. The molecule has 0 radical (unpaired) electrons. The Morgan fingerprint density at radius 1 is 1.14 bits per heavy atom. The van der Waals surface area contributed by atoms with Crippen molar-refractivity contribution in [2.45, 2.75) is 51.8 Å². The van der Waals surface area contributed by atoms with Crippen molar-refractivity contribution < 1.29 is 27.5 Å². The predicted octanol–water partition coefficient (Wildman–Crippen LogP) is 0.605. The van der Waals surface area contributed by atoms with E-state index in [9.17, 15) is 22.8 Å². The van der Waals surface area contributed by atoms with Crippen molar-refractivity contribution in [3.63, 3.8) is 0 Å². The van der Waals surface area contributed by atoms with Gasteiger partial charge in [-0.15, -0.1) is 0 Å². The van der Waals surface area contributed by atoms with Crippen LogP contribution in [0.2, 0.25) is 0 Å². The van der Waals surface area contributed by atoms with Gasteiger partial charge in [0.15, 0.2) is 15.9 Å². The third-order valence-corrected chi connectivity index (χ3v) is 6.45. The molecule has 9 heteroatoms. The van der Waals surface area contributed by atoms with Gasteiger partial charge >= 0.3 is 5.97 Å². The monoisotopic (exact) mass is 424 g/mol. The van der Waals surface area contributed by atoms with Gasteiger partial charge in [0.1, 0.15) is 6.04 Å². The molecule has 2 rings (SSSR count). The lowest BCUT2D eigenvalue weighted by Gasteiger charge is -2.23. The van der Waals surface area contributed by atoms with E-state index in [1.54, 1.807) is 13.8 Å². The first-order valence-corrected chi connectivity index (χ1v) is 11.4. The van der Waals surface area contributed by atoms with Gasteiger partial charge in [-0.3, -0.25) is 9.59 Å². The van der Waals surface area contributed by atoms with E-state index in [1.165, 1.54) is 6.92 Å². The van der Waals surface area contributed by atoms with Crippen LogP contribution in [0.25, 0.3) is 0 Å². The highest BCUT2D eigenvalue weighted by molar-refractivity contribution is 7.91. The number of sulfone groups is 1. The number of benzene rings is 1. The van der Waals surface area contributed by atoms with Crippen molar-refractivity contribution in [3.05, 3.63) is 35.9 Å². The van der Waals surface area contributed by atoms with E-state index in [2.05, 4.69) is 10.6 Å². The van der Waals surface area contributed by atoms with Crippen LogP contribution in [0.4, 0.5) is 0 Å². The van der Waals surface area contributed by atoms with Crippen LogP contribution in [0.1, 0.15) is 32.8 Å². The average molecular weight is 425 g/mol. The summed E-state index contributed by atoms with van der Waals surface area (Å²) in [5, 5.41) is 5.27. The number of nitrogens with one attached hydrogen (secondary N) is 2. The molecule has 1 heterocycles. The molecule has 1 saturated heterocycles. The molecule has 8 nitrogen and oxygen atoms in total. The lowest BCUT2D eigenvalue weighted by molar-refractivity contribution is -0.158. The molecule has 2 N–H and O–H groups in total. The molecule has 2 amide bonds. The van der Waals surface area contributed by atoms with Crippen LogP contribution < -0.4 is 10.6 Å². The SMILES string of the molecule is CC(C)[C@H](NC(=O)Cc1ccccc1)C(=O)O[C@H](C)C(=O)N[C@@H]1CCS(=O)(=O)C1. The Bertz CT molecular complexity index is 838. The second-order valence-corrected chi connectivity index (χ2v) is 9.87. The Morgan fingerprint density at radius 2 is 1.79 bits per heavy atom. The summed E-state index contributed by atoms with van der Waals surface area (Å²) in [6, 6.07) is 7.77. The summed E-state index contributed by atoms with van der Waals surface area (Å²) in [4.78, 5) is 37.0. The van der Waals surface area contributed by atoms with Crippen molar-refractivity contribution in [3.8, 4) is 0 Å². The van der Waals surface area contributed by atoms with Crippen LogP contribution in [-0.2, 0) is 35.4 Å². The molecule has 1 aromatic rings. The number of hydrogen-bond donors (Lipinski definition) is 2. The van der Waals surface area contributed by atoms with Gasteiger partial charge in [0.05, 0.1) is 17.9 Å². The highest BCUT2D eigenvalue weighted by Gasteiger charge is 2.32. The molecule has 160 valence electrons. The topological polar surface area (TPSA) is 119 Å². The maximum Gasteiger partial charge on any atom is 0.329 e. The highest BCUT2D eigenvalue weighted by Crippen LogP contribution is 2.12. The van der Waals surface area contributed by atoms with E-state index in [-0.39, 0.29) is 29.8 Å². The number of rotatable bonds is 8. The third kappa shape index (κ3) is 7.16. The fourth-order valence-corrected chi connectivity index (χ4v) is 4.71. The van der Waals surface area contributed by atoms with Gasteiger partial charge < -0.3 is 15.4 Å². The Kier molecular flexibility index (Phi) is 7.78. The van der Waals surface area contributed by atoms with E-state index < -0.39 is 39.9 Å². The van der Waals surface area contributed by atoms with Gasteiger partial charge in [0.25, 0.3) is 5.91 Å². The molecule has 1 aromatic carbocycles. The molecular formula is C20H28N2O6S. The Balaban J connectivity index is 1.89. The van der Waals surface area contributed by atoms with Crippen LogP contribution in [0.3, 0.4) is 0 Å². The van der Waals surface area contributed by atoms with Gasteiger partial charge in [0.2, 0.25) is 5.91 Å². The van der Waals surface area contributed by atoms with Crippen molar-refractivity contribution in [1.29, 1.82) is 0 Å². The number of amides is 2. The van der Waals surface area contributed by atoms with E-state index in [0.29, 0.717) is 6.42 Å². The van der Waals surface area contributed by atoms with Crippen LogP contribution >= 0.6 is 0 Å². The Morgan fingerprint density at radius 3 is 2.34 bits per heavy atom. The van der Waals surface area contributed by atoms with Crippen molar-refractivity contribution in [1.82, 2.24) is 10.6 Å². The minimum Gasteiger partial charge on any atom is -0.451 e. The first-order chi connectivity index (χ1) is 13.6. The lowest BCUT2D eigenvalue weighted by atomic mass is 10.0. The van der Waals surface area contributed by atoms with E-state index in [4.69, 9.17) is 4.74 Å². The van der Waals surface area contributed by atoms with Crippen LogP contribution in [0, 0.1) is 5.92 Å². The molecule has 0 unspecified atom stereocenters. The molecule has 3 atom stereocenters. The Hall–Kier alpha value is -2.42. The molecule has 0 saturated carbocycles. The summed E-state index contributed by atoms with van der Waals surface area (Å²) in [6.45, 7) is 4.95. The maximum atomic E-state index is 12.5. The van der Waals surface area contributed by atoms with Crippen LogP contribution in [0.5, 0.6) is 0 Å². The summed E-state index contributed by atoms with van der Waals surface area (Å²) in [5.41, 5.74) is 0.820. The van der Waals surface area contributed by atoms with E-state index in [1.807, 2.05) is 30.3 Å². The number of carbonyl (C=O) groups is 3. The summed E-state index contributed by atoms with van der Waals surface area (Å²) in [5.74, 6) is -1.89. The van der Waals surface area contributed by atoms with Gasteiger partial charge in [-0.05, 0) is 24.8 Å². The van der Waals surface area contributed by atoms with E-state index >= 15 is 0 Å². The quantitative estimate of drug-likeness (QED) is 0.590. The number of esters is 1. The van der Waals surface area contributed by atoms with Crippen molar-refractivity contribution in [2.75, 3.05) is 11.5 Å². The highest BCUT2D eigenvalue weighted by atomic mass is 32.2. The molecule has 0 aromatic heterocycles. The van der Waals surface area contributed by atoms with E-state index in [0.717, 1.165) is 5.56 Å². The average Bonchev–Trinajstić information content (AvgIpc) is 2.98.